The molecule has 0 unspecified atom stereocenters. The monoisotopic (exact) mass is 348 g/mol. The van der Waals surface area contributed by atoms with Crippen LogP contribution in [0, 0.1) is 11.6 Å². The molecule has 0 fully saturated rings. The van der Waals surface area contributed by atoms with Gasteiger partial charge in [0.2, 0.25) is 15.9 Å². The molecule has 0 radical (unpaired) electrons. The van der Waals surface area contributed by atoms with Crippen molar-refractivity contribution in [2.24, 2.45) is 0 Å². The minimum atomic E-state index is -3.79. The van der Waals surface area contributed by atoms with Crippen molar-refractivity contribution >= 4 is 21.6 Å². The first-order valence-corrected chi connectivity index (χ1v) is 9.30. The van der Waals surface area contributed by atoms with E-state index >= 15 is 0 Å². The molecule has 0 aliphatic carbocycles. The van der Waals surface area contributed by atoms with E-state index in [0.717, 1.165) is 42.0 Å². The van der Waals surface area contributed by atoms with Crippen LogP contribution in [0.5, 0.6) is 0 Å². The number of nitrogens with one attached hydrogen (secondary N) is 1. The molecular weight excluding hydrogens is 326 g/mol. The Labute approximate surface area is 135 Å². The van der Waals surface area contributed by atoms with Gasteiger partial charge in [-0.3, -0.25) is 9.10 Å². The van der Waals surface area contributed by atoms with E-state index in [1.807, 2.05) is 6.92 Å². The summed E-state index contributed by atoms with van der Waals surface area (Å²) in [6.45, 7) is 2.36. The highest BCUT2D eigenvalue weighted by Gasteiger charge is 2.22. The molecule has 0 heterocycles. The first kappa shape index (κ1) is 19.3. The van der Waals surface area contributed by atoms with Crippen LogP contribution in [-0.4, -0.2) is 33.7 Å². The lowest BCUT2D eigenvalue weighted by Gasteiger charge is -2.22. The Morgan fingerprint density at radius 3 is 2.52 bits per heavy atom. The Kier molecular flexibility index (Phi) is 7.41. The number of unbranched alkanes of at least 4 members (excludes halogenated alkanes) is 2. The van der Waals surface area contributed by atoms with Crippen LogP contribution >= 0.6 is 0 Å². The van der Waals surface area contributed by atoms with Gasteiger partial charge in [-0.25, -0.2) is 17.2 Å². The lowest BCUT2D eigenvalue weighted by molar-refractivity contribution is -0.120. The highest BCUT2D eigenvalue weighted by atomic mass is 32.2. The fraction of sp³-hybridized carbons (Fsp3) is 0.533. The van der Waals surface area contributed by atoms with E-state index in [2.05, 4.69) is 5.32 Å². The molecule has 0 spiro atoms. The Morgan fingerprint density at radius 2 is 1.96 bits per heavy atom. The molecular formula is C15H22F2N2O3S. The molecule has 0 aliphatic heterocycles. The van der Waals surface area contributed by atoms with E-state index in [9.17, 15) is 22.0 Å². The van der Waals surface area contributed by atoms with Gasteiger partial charge in [-0.05, 0) is 18.6 Å². The van der Waals surface area contributed by atoms with Crippen LogP contribution in [0.15, 0.2) is 18.2 Å². The SMILES string of the molecule is CCCCCNC(=O)CCN(c1ccc(F)cc1F)S(C)(=O)=O. The minimum absolute atomic E-state index is 0.101. The van der Waals surface area contributed by atoms with Crippen LogP contribution in [0.4, 0.5) is 14.5 Å². The van der Waals surface area contributed by atoms with E-state index < -0.39 is 21.7 Å². The lowest BCUT2D eigenvalue weighted by Crippen LogP contribution is -2.35. The van der Waals surface area contributed by atoms with Crippen molar-refractivity contribution in [2.45, 2.75) is 32.6 Å². The molecule has 0 saturated carbocycles. The number of nitrogens with zero attached hydrogens (tertiary/aromatic N) is 1. The van der Waals surface area contributed by atoms with Gasteiger partial charge >= 0.3 is 0 Å². The van der Waals surface area contributed by atoms with Crippen molar-refractivity contribution in [1.82, 2.24) is 5.32 Å². The molecule has 0 bridgehead atoms. The molecule has 130 valence electrons. The van der Waals surface area contributed by atoms with Gasteiger partial charge in [-0.2, -0.15) is 0 Å². The summed E-state index contributed by atoms with van der Waals surface area (Å²) in [7, 11) is -3.79. The largest absolute Gasteiger partial charge is 0.356 e. The molecule has 1 rings (SSSR count). The quantitative estimate of drug-likeness (QED) is 0.697. The molecule has 1 amide bonds. The van der Waals surface area contributed by atoms with Gasteiger partial charge in [0.05, 0.1) is 11.9 Å². The second-order valence-corrected chi connectivity index (χ2v) is 7.14. The molecule has 5 nitrogen and oxygen atoms in total. The number of anilines is 1. The smallest absolute Gasteiger partial charge is 0.232 e. The first-order chi connectivity index (χ1) is 10.8. The summed E-state index contributed by atoms with van der Waals surface area (Å²) in [6.07, 6.45) is 3.69. The predicted octanol–water partition coefficient (Wildman–Crippen LogP) is 2.43. The molecule has 0 aliphatic rings. The average Bonchev–Trinajstić information content (AvgIpc) is 2.44. The molecule has 0 atom stereocenters. The number of carbonyl (C=O) groups excluding carboxylic acids is 1. The van der Waals surface area contributed by atoms with E-state index in [0.29, 0.717) is 12.6 Å². The van der Waals surface area contributed by atoms with Crippen LogP contribution in [-0.2, 0) is 14.8 Å². The van der Waals surface area contributed by atoms with Crippen molar-refractivity contribution in [1.29, 1.82) is 0 Å². The topological polar surface area (TPSA) is 66.5 Å². The minimum Gasteiger partial charge on any atom is -0.356 e. The zero-order valence-electron chi connectivity index (χ0n) is 13.3. The zero-order chi connectivity index (χ0) is 17.5. The van der Waals surface area contributed by atoms with Crippen molar-refractivity contribution in [3.05, 3.63) is 29.8 Å². The summed E-state index contributed by atoms with van der Waals surface area (Å²) in [5.74, 6) is -2.09. The highest BCUT2D eigenvalue weighted by Crippen LogP contribution is 2.22. The normalized spacial score (nSPS) is 11.3. The molecule has 1 N–H and O–H groups in total. The fourth-order valence-corrected chi connectivity index (χ4v) is 2.97. The third kappa shape index (κ3) is 6.52. The summed E-state index contributed by atoms with van der Waals surface area (Å²) in [4.78, 5) is 11.7. The number of hydrogen-bond donors (Lipinski definition) is 1. The second kappa shape index (κ2) is 8.81. The summed E-state index contributed by atoms with van der Waals surface area (Å²) in [5.41, 5.74) is -0.271. The predicted molar refractivity (Wildman–Crippen MR) is 85.7 cm³/mol. The van der Waals surface area contributed by atoms with Gasteiger partial charge < -0.3 is 5.32 Å². The molecule has 1 aromatic carbocycles. The van der Waals surface area contributed by atoms with E-state index in [1.54, 1.807) is 0 Å². The number of rotatable bonds is 9. The third-order valence-corrected chi connectivity index (χ3v) is 4.40. The van der Waals surface area contributed by atoms with Crippen LogP contribution < -0.4 is 9.62 Å². The molecule has 8 heteroatoms. The van der Waals surface area contributed by atoms with Crippen LogP contribution in [0.25, 0.3) is 0 Å². The van der Waals surface area contributed by atoms with E-state index in [4.69, 9.17) is 0 Å². The second-order valence-electron chi connectivity index (χ2n) is 5.24. The Hall–Kier alpha value is -1.70. The number of benzene rings is 1. The first-order valence-electron chi connectivity index (χ1n) is 7.45. The Bertz CT molecular complexity index is 636. The maximum absolute atomic E-state index is 13.8. The van der Waals surface area contributed by atoms with E-state index in [1.165, 1.54) is 0 Å². The van der Waals surface area contributed by atoms with E-state index in [-0.39, 0.29) is 24.6 Å². The molecule has 1 aromatic rings. The summed E-state index contributed by atoms with van der Waals surface area (Å²) >= 11 is 0. The fourth-order valence-electron chi connectivity index (χ4n) is 2.04. The molecule has 23 heavy (non-hydrogen) atoms. The van der Waals surface area contributed by atoms with Gasteiger partial charge in [0.1, 0.15) is 11.6 Å². The zero-order valence-corrected chi connectivity index (χ0v) is 14.1. The summed E-state index contributed by atoms with van der Waals surface area (Å²) in [5, 5.41) is 2.69. The average molecular weight is 348 g/mol. The third-order valence-electron chi connectivity index (χ3n) is 3.22. The maximum atomic E-state index is 13.8. The van der Waals surface area contributed by atoms with Crippen molar-refractivity contribution in [3.8, 4) is 0 Å². The molecule has 0 saturated heterocycles. The summed E-state index contributed by atoms with van der Waals surface area (Å²) in [6, 6.07) is 2.63. The number of carbonyl (C=O) groups is 1. The molecule has 0 aromatic heterocycles. The number of hydrogen-bond acceptors (Lipinski definition) is 3. The number of amides is 1. The Morgan fingerprint density at radius 1 is 1.26 bits per heavy atom. The number of sulfonamides is 1. The van der Waals surface area contributed by atoms with Crippen LogP contribution in [0.1, 0.15) is 32.6 Å². The highest BCUT2D eigenvalue weighted by molar-refractivity contribution is 7.92. The van der Waals surface area contributed by atoms with Crippen molar-refractivity contribution in [3.63, 3.8) is 0 Å². The van der Waals surface area contributed by atoms with Crippen LogP contribution in [0.3, 0.4) is 0 Å². The van der Waals surface area contributed by atoms with Crippen molar-refractivity contribution in [2.75, 3.05) is 23.7 Å². The Balaban J connectivity index is 2.72. The lowest BCUT2D eigenvalue weighted by atomic mass is 10.2. The van der Waals surface area contributed by atoms with Crippen molar-refractivity contribution < 1.29 is 22.0 Å². The van der Waals surface area contributed by atoms with Gasteiger partial charge in [-0.1, -0.05) is 19.8 Å². The standard InChI is InChI=1S/C15H22F2N2O3S/c1-3-4-5-9-18-15(20)8-10-19(23(2,21)22)14-7-6-12(16)11-13(14)17/h6-7,11H,3-5,8-10H2,1-2H3,(H,18,20). The van der Waals surface area contributed by atoms with Gasteiger partial charge in [0.25, 0.3) is 0 Å². The summed E-state index contributed by atoms with van der Waals surface area (Å²) < 4.78 is 51.1. The van der Waals surface area contributed by atoms with Gasteiger partial charge in [-0.15, -0.1) is 0 Å². The van der Waals surface area contributed by atoms with Crippen LogP contribution in [0.2, 0.25) is 0 Å². The van der Waals surface area contributed by atoms with Gasteiger partial charge in [0.15, 0.2) is 0 Å². The van der Waals surface area contributed by atoms with Gasteiger partial charge in [0, 0.05) is 25.6 Å². The maximum Gasteiger partial charge on any atom is 0.232 e. The number of halogens is 2.